The van der Waals surface area contributed by atoms with Crippen LogP contribution in [-0.2, 0) is 19.3 Å². The molecule has 70 valence electrons. The van der Waals surface area contributed by atoms with Gasteiger partial charge >= 0.3 is 22.5 Å². The van der Waals surface area contributed by atoms with E-state index in [1.54, 1.807) is 0 Å². The number of primary amides is 2. The third-order valence-electron chi connectivity index (χ3n) is 0.436. The maximum Gasteiger partial charge on any atom is 0.424 e. The van der Waals surface area contributed by atoms with E-state index in [0.29, 0.717) is 0 Å². The minimum absolute atomic E-state index is 1.06. The fourth-order valence-corrected chi connectivity index (χ4v) is 0.652. The lowest BCUT2D eigenvalue weighted by Crippen LogP contribution is -2.34. The van der Waals surface area contributed by atoms with Crippen molar-refractivity contribution in [3.05, 3.63) is 0 Å². The molecule has 12 heavy (non-hydrogen) atoms. The van der Waals surface area contributed by atoms with Gasteiger partial charge in [0.05, 0.1) is 0 Å². The topological polar surface area (TPSA) is 151 Å². The van der Waals surface area contributed by atoms with E-state index >= 15 is 0 Å². The molecule has 2 amide bonds. The first-order chi connectivity index (χ1) is 5.33. The standard InChI is InChI=1S/C2H5N3O6S/c3-1(6)10-5-12(8,9)11-2(4)7/h5H,(H2,3,6)(H2,4,7). The lowest BCUT2D eigenvalue weighted by Gasteiger charge is -2.02. The number of carbonyl (C=O) groups is 2. The molecule has 0 heterocycles. The zero-order chi connectivity index (χ0) is 9.78. The molecule has 5 N–H and O–H groups in total. The molecule has 0 aromatic carbocycles. The predicted octanol–water partition coefficient (Wildman–Crippen LogP) is -2.07. The summed E-state index contributed by atoms with van der Waals surface area (Å²) in [5, 5.41) is 0. The van der Waals surface area contributed by atoms with E-state index in [-0.39, 0.29) is 0 Å². The Balaban J connectivity index is 4.06. The maximum atomic E-state index is 10.4. The summed E-state index contributed by atoms with van der Waals surface area (Å²) in [6.45, 7) is 0. The highest BCUT2D eigenvalue weighted by Gasteiger charge is 2.15. The van der Waals surface area contributed by atoms with Crippen LogP contribution < -0.4 is 16.4 Å². The van der Waals surface area contributed by atoms with Crippen LogP contribution in [0.2, 0.25) is 0 Å². The first-order valence-corrected chi connectivity index (χ1v) is 3.71. The summed E-state index contributed by atoms with van der Waals surface area (Å²) in [5.74, 6) is 0. The average Bonchev–Trinajstić information content (AvgIpc) is 1.81. The van der Waals surface area contributed by atoms with Gasteiger partial charge in [-0.25, -0.2) is 9.59 Å². The zero-order valence-corrected chi connectivity index (χ0v) is 6.33. The molecule has 0 atom stereocenters. The SMILES string of the molecule is NC(=O)ONS(=O)(=O)OC(N)=O. The second-order valence-electron chi connectivity index (χ2n) is 1.36. The smallest absolute Gasteiger partial charge is 0.336 e. The Hall–Kier alpha value is -1.55. The number of rotatable bonds is 3. The van der Waals surface area contributed by atoms with E-state index < -0.39 is 22.5 Å². The Labute approximate surface area is 66.8 Å². The van der Waals surface area contributed by atoms with Crippen LogP contribution in [0.4, 0.5) is 9.59 Å². The van der Waals surface area contributed by atoms with Crippen molar-refractivity contribution in [3.63, 3.8) is 0 Å². The van der Waals surface area contributed by atoms with Gasteiger partial charge in [-0.1, -0.05) is 0 Å². The summed E-state index contributed by atoms with van der Waals surface area (Å²) in [6.07, 6.45) is -2.98. The molecular weight excluding hydrogens is 194 g/mol. The second kappa shape index (κ2) is 3.73. The zero-order valence-electron chi connectivity index (χ0n) is 5.51. The van der Waals surface area contributed by atoms with Crippen molar-refractivity contribution in [2.45, 2.75) is 0 Å². The number of hydrogen-bond acceptors (Lipinski definition) is 6. The Bertz CT molecular complexity index is 281. The van der Waals surface area contributed by atoms with Crippen LogP contribution in [0.5, 0.6) is 0 Å². The summed E-state index contributed by atoms with van der Waals surface area (Å²) in [7, 11) is -4.52. The van der Waals surface area contributed by atoms with Crippen molar-refractivity contribution in [2.75, 3.05) is 0 Å². The Morgan fingerprint density at radius 1 is 1.17 bits per heavy atom. The van der Waals surface area contributed by atoms with Crippen LogP contribution in [-0.4, -0.2) is 20.6 Å². The molecular formula is C2H5N3O6S. The van der Waals surface area contributed by atoms with Gasteiger partial charge in [0.25, 0.3) is 0 Å². The summed E-state index contributed by atoms with van der Waals surface area (Å²) in [5.41, 5.74) is 8.70. The van der Waals surface area contributed by atoms with Crippen LogP contribution in [0.3, 0.4) is 0 Å². The molecule has 0 saturated heterocycles. The van der Waals surface area contributed by atoms with Crippen molar-refractivity contribution < 1.29 is 27.0 Å². The van der Waals surface area contributed by atoms with E-state index in [2.05, 4.69) is 20.5 Å². The summed E-state index contributed by atoms with van der Waals surface area (Å²) < 4.78 is 24.2. The fourth-order valence-electron chi connectivity index (χ4n) is 0.217. The summed E-state index contributed by atoms with van der Waals surface area (Å²) in [6, 6.07) is 0. The van der Waals surface area contributed by atoms with Crippen LogP contribution in [0.15, 0.2) is 0 Å². The Morgan fingerprint density at radius 2 is 1.67 bits per heavy atom. The quantitative estimate of drug-likeness (QED) is 0.444. The highest BCUT2D eigenvalue weighted by Crippen LogP contribution is 1.86. The van der Waals surface area contributed by atoms with Gasteiger partial charge in [-0.2, -0.15) is 8.42 Å². The van der Waals surface area contributed by atoms with Gasteiger partial charge < -0.3 is 20.5 Å². The lowest BCUT2D eigenvalue weighted by atomic mass is 11.3. The molecule has 0 bridgehead atoms. The minimum atomic E-state index is -4.52. The maximum absolute atomic E-state index is 10.4. The van der Waals surface area contributed by atoms with E-state index in [9.17, 15) is 18.0 Å². The van der Waals surface area contributed by atoms with Gasteiger partial charge in [-0.05, 0) is 4.89 Å². The highest BCUT2D eigenvalue weighted by atomic mass is 32.2. The second-order valence-corrected chi connectivity index (χ2v) is 2.60. The molecule has 0 fully saturated rings. The van der Waals surface area contributed by atoms with Crippen molar-refractivity contribution in [2.24, 2.45) is 11.5 Å². The molecule has 0 radical (unpaired) electrons. The molecule has 0 unspecified atom stereocenters. The summed E-state index contributed by atoms with van der Waals surface area (Å²) >= 11 is 0. The van der Waals surface area contributed by atoms with Gasteiger partial charge in [-0.3, -0.25) is 0 Å². The van der Waals surface area contributed by atoms with Crippen molar-refractivity contribution in [1.29, 1.82) is 0 Å². The molecule has 10 heteroatoms. The monoisotopic (exact) mass is 199 g/mol. The molecule has 0 aliphatic heterocycles. The molecule has 0 aliphatic rings. The largest absolute Gasteiger partial charge is 0.424 e. The van der Waals surface area contributed by atoms with E-state index in [1.165, 1.54) is 0 Å². The molecule has 0 aromatic rings. The van der Waals surface area contributed by atoms with Crippen molar-refractivity contribution >= 4 is 22.5 Å². The normalized spacial score (nSPS) is 10.3. The molecule has 0 aliphatic carbocycles. The molecule has 9 nitrogen and oxygen atoms in total. The third-order valence-corrected chi connectivity index (χ3v) is 1.11. The average molecular weight is 199 g/mol. The fraction of sp³-hybridized carbons (Fsp3) is 0. The van der Waals surface area contributed by atoms with E-state index in [4.69, 9.17) is 0 Å². The third kappa shape index (κ3) is 5.25. The first kappa shape index (κ1) is 10.4. The Kier molecular flexibility index (Phi) is 3.25. The van der Waals surface area contributed by atoms with Gasteiger partial charge in [0.15, 0.2) is 0 Å². The van der Waals surface area contributed by atoms with Crippen LogP contribution in [0.1, 0.15) is 0 Å². The van der Waals surface area contributed by atoms with E-state index in [0.717, 1.165) is 4.89 Å². The minimum Gasteiger partial charge on any atom is -0.336 e. The number of amides is 2. The lowest BCUT2D eigenvalue weighted by molar-refractivity contribution is 0.127. The van der Waals surface area contributed by atoms with Crippen LogP contribution in [0.25, 0.3) is 0 Å². The number of hydrogen-bond donors (Lipinski definition) is 3. The first-order valence-electron chi connectivity index (χ1n) is 2.30. The number of nitrogens with one attached hydrogen (secondary N) is 1. The van der Waals surface area contributed by atoms with Gasteiger partial charge in [0.1, 0.15) is 0 Å². The Morgan fingerprint density at radius 3 is 2.00 bits per heavy atom. The van der Waals surface area contributed by atoms with Crippen LogP contribution >= 0.6 is 0 Å². The number of carbonyl (C=O) groups excluding carboxylic acids is 2. The summed E-state index contributed by atoms with van der Waals surface area (Å²) in [4.78, 5) is 24.3. The molecule has 0 saturated carbocycles. The van der Waals surface area contributed by atoms with Crippen molar-refractivity contribution in [1.82, 2.24) is 4.89 Å². The number of nitrogens with two attached hydrogens (primary N) is 2. The van der Waals surface area contributed by atoms with Crippen molar-refractivity contribution in [3.8, 4) is 0 Å². The van der Waals surface area contributed by atoms with Crippen LogP contribution in [0, 0.1) is 0 Å². The predicted molar refractivity (Wildman–Crippen MR) is 33.4 cm³/mol. The molecule has 0 spiro atoms. The van der Waals surface area contributed by atoms with Gasteiger partial charge in [0.2, 0.25) is 0 Å². The molecule has 0 rings (SSSR count). The van der Waals surface area contributed by atoms with Gasteiger partial charge in [0, 0.05) is 0 Å². The van der Waals surface area contributed by atoms with E-state index in [1.807, 2.05) is 0 Å². The highest BCUT2D eigenvalue weighted by molar-refractivity contribution is 7.85. The van der Waals surface area contributed by atoms with Gasteiger partial charge in [-0.15, -0.1) is 0 Å². The molecule has 0 aromatic heterocycles.